The summed E-state index contributed by atoms with van der Waals surface area (Å²) in [6.07, 6.45) is 0. The third-order valence-corrected chi connectivity index (χ3v) is 11.6. The lowest BCUT2D eigenvalue weighted by Crippen LogP contribution is -2.28. The maximum atomic E-state index is 2.41. The largest absolute Gasteiger partial charge is 0.310 e. The first kappa shape index (κ1) is 31.4. The minimum absolute atomic E-state index is 0.446. The number of para-hydroxylation sites is 2. The fourth-order valence-electron chi connectivity index (χ4n) is 9.29. The summed E-state index contributed by atoms with van der Waals surface area (Å²) in [5.41, 5.74) is 14.2. The molecule has 2 nitrogen and oxygen atoms in total. The fourth-order valence-corrected chi connectivity index (χ4v) is 9.29. The number of hydrogen-bond donors (Lipinski definition) is 0. The molecular weight excluding hydrogens is 665 g/mol. The summed E-state index contributed by atoms with van der Waals surface area (Å²) in [7, 11) is 0. The van der Waals surface area contributed by atoms with Crippen LogP contribution < -0.4 is 4.90 Å². The predicted molar refractivity (Wildman–Crippen MR) is 230 cm³/mol. The Labute approximate surface area is 320 Å². The minimum atomic E-state index is -0.446. The lowest BCUT2D eigenvalue weighted by Gasteiger charge is -2.34. The standard InChI is InChI=1S/C53H36N2/c1-3-17-39(18-4-1)53(49-24-12-9-21-45(49)46-22-10-13-25-50(46)53)40-28-31-42(32-29-40)54(43-30-27-37-15-7-8-16-38(37)35-43)44-33-34-52-48(36-44)47-23-11-14-26-51(47)55(52)41-19-5-2-6-20-41/h1-36H. The molecule has 0 unspecified atom stereocenters. The predicted octanol–water partition coefficient (Wildman–Crippen LogP) is 13.8. The average Bonchev–Trinajstić information content (AvgIpc) is 3.75. The van der Waals surface area contributed by atoms with Crippen molar-refractivity contribution in [1.29, 1.82) is 0 Å². The van der Waals surface area contributed by atoms with Gasteiger partial charge < -0.3 is 9.47 Å². The van der Waals surface area contributed by atoms with Crippen LogP contribution in [0.15, 0.2) is 218 Å². The second kappa shape index (κ2) is 12.5. The highest BCUT2D eigenvalue weighted by atomic mass is 15.1. The number of benzene rings is 9. The van der Waals surface area contributed by atoms with Crippen molar-refractivity contribution in [1.82, 2.24) is 4.57 Å². The SMILES string of the molecule is c1ccc(-n2c3ccccc3c3cc(N(c4ccc(C5(c6ccccc6)c6ccccc6-c6ccccc65)cc4)c4ccc5ccccc5c4)ccc32)cc1. The Morgan fingerprint density at radius 3 is 1.62 bits per heavy atom. The van der Waals surface area contributed by atoms with Crippen molar-refractivity contribution in [2.24, 2.45) is 0 Å². The van der Waals surface area contributed by atoms with Gasteiger partial charge in [0.25, 0.3) is 0 Å². The zero-order valence-electron chi connectivity index (χ0n) is 30.2. The molecule has 1 aliphatic rings. The van der Waals surface area contributed by atoms with E-state index < -0.39 is 5.41 Å². The summed E-state index contributed by atoms with van der Waals surface area (Å²) in [5.74, 6) is 0. The van der Waals surface area contributed by atoms with Gasteiger partial charge in [0.1, 0.15) is 0 Å². The fraction of sp³-hybridized carbons (Fsp3) is 0.0189. The van der Waals surface area contributed by atoms with Gasteiger partial charge in [-0.1, -0.05) is 158 Å². The number of aromatic nitrogens is 1. The highest BCUT2D eigenvalue weighted by Gasteiger charge is 2.45. The van der Waals surface area contributed by atoms with Gasteiger partial charge >= 0.3 is 0 Å². The monoisotopic (exact) mass is 700 g/mol. The van der Waals surface area contributed by atoms with E-state index >= 15 is 0 Å². The summed E-state index contributed by atoms with van der Waals surface area (Å²) in [4.78, 5) is 2.41. The zero-order valence-corrected chi connectivity index (χ0v) is 30.2. The number of hydrogen-bond acceptors (Lipinski definition) is 1. The van der Waals surface area contributed by atoms with Crippen molar-refractivity contribution in [3.05, 3.63) is 241 Å². The number of nitrogens with zero attached hydrogens (tertiary/aromatic N) is 2. The van der Waals surface area contributed by atoms with Crippen LogP contribution in [0.1, 0.15) is 22.3 Å². The normalized spacial score (nSPS) is 12.9. The van der Waals surface area contributed by atoms with E-state index in [0.717, 1.165) is 22.7 Å². The molecule has 0 aliphatic heterocycles. The maximum Gasteiger partial charge on any atom is 0.0713 e. The van der Waals surface area contributed by atoms with Gasteiger partial charge in [0.05, 0.1) is 16.4 Å². The van der Waals surface area contributed by atoms with Gasteiger partial charge in [0.2, 0.25) is 0 Å². The van der Waals surface area contributed by atoms with E-state index in [-0.39, 0.29) is 0 Å². The Kier molecular flexibility index (Phi) is 7.11. The van der Waals surface area contributed by atoms with E-state index in [1.54, 1.807) is 0 Å². The van der Waals surface area contributed by atoms with Crippen molar-refractivity contribution >= 4 is 49.6 Å². The van der Waals surface area contributed by atoms with E-state index in [0.29, 0.717) is 0 Å². The number of fused-ring (bicyclic) bond motifs is 7. The topological polar surface area (TPSA) is 8.17 Å². The quantitative estimate of drug-likeness (QED) is 0.168. The maximum absolute atomic E-state index is 2.41. The Balaban J connectivity index is 1.13. The van der Waals surface area contributed by atoms with Crippen molar-refractivity contribution in [2.45, 2.75) is 5.41 Å². The molecule has 9 aromatic carbocycles. The lowest BCUT2D eigenvalue weighted by molar-refractivity contribution is 0.768. The van der Waals surface area contributed by atoms with E-state index in [9.17, 15) is 0 Å². The molecule has 2 heteroatoms. The molecular formula is C53H36N2. The Hall–Kier alpha value is -7.16. The Morgan fingerprint density at radius 1 is 0.345 bits per heavy atom. The van der Waals surface area contributed by atoms with Gasteiger partial charge in [0.15, 0.2) is 0 Å². The number of anilines is 3. The van der Waals surface area contributed by atoms with E-state index in [1.165, 1.54) is 66.0 Å². The van der Waals surface area contributed by atoms with E-state index in [1.807, 2.05) is 0 Å². The first-order valence-electron chi connectivity index (χ1n) is 19.0. The molecule has 55 heavy (non-hydrogen) atoms. The summed E-state index contributed by atoms with van der Waals surface area (Å²) < 4.78 is 2.38. The second-order valence-corrected chi connectivity index (χ2v) is 14.5. The third kappa shape index (κ3) is 4.75. The van der Waals surface area contributed by atoms with E-state index in [2.05, 4.69) is 228 Å². The summed E-state index contributed by atoms with van der Waals surface area (Å²) in [6.45, 7) is 0. The van der Waals surface area contributed by atoms with Crippen LogP contribution in [0.25, 0.3) is 49.4 Å². The van der Waals surface area contributed by atoms with Gasteiger partial charge in [-0.3, -0.25) is 0 Å². The average molecular weight is 701 g/mol. The Morgan fingerprint density at radius 2 is 0.873 bits per heavy atom. The zero-order chi connectivity index (χ0) is 36.3. The number of rotatable bonds is 6. The van der Waals surface area contributed by atoms with Gasteiger partial charge in [-0.05, 0) is 105 Å². The van der Waals surface area contributed by atoms with Crippen LogP contribution in [0.3, 0.4) is 0 Å². The van der Waals surface area contributed by atoms with Crippen molar-refractivity contribution in [3.8, 4) is 16.8 Å². The first-order chi connectivity index (χ1) is 27.3. The molecule has 0 amide bonds. The van der Waals surface area contributed by atoms with Crippen LogP contribution in [-0.2, 0) is 5.41 Å². The molecule has 0 saturated carbocycles. The molecule has 0 atom stereocenters. The molecule has 0 spiro atoms. The van der Waals surface area contributed by atoms with Gasteiger partial charge in [-0.25, -0.2) is 0 Å². The Bertz CT molecular complexity index is 2980. The van der Waals surface area contributed by atoms with Crippen molar-refractivity contribution in [2.75, 3.05) is 4.90 Å². The van der Waals surface area contributed by atoms with Crippen LogP contribution >= 0.6 is 0 Å². The van der Waals surface area contributed by atoms with Crippen LogP contribution in [0.5, 0.6) is 0 Å². The summed E-state index contributed by atoms with van der Waals surface area (Å²) in [5, 5.41) is 4.90. The van der Waals surface area contributed by atoms with Crippen molar-refractivity contribution < 1.29 is 0 Å². The molecule has 11 rings (SSSR count). The van der Waals surface area contributed by atoms with Crippen LogP contribution in [0.2, 0.25) is 0 Å². The molecule has 0 saturated heterocycles. The molecule has 0 radical (unpaired) electrons. The van der Waals surface area contributed by atoms with Crippen molar-refractivity contribution in [3.63, 3.8) is 0 Å². The lowest BCUT2D eigenvalue weighted by atomic mass is 9.68. The van der Waals surface area contributed by atoms with Gasteiger partial charge in [0, 0.05) is 33.5 Å². The molecule has 0 fully saturated rings. The highest BCUT2D eigenvalue weighted by molar-refractivity contribution is 6.10. The second-order valence-electron chi connectivity index (χ2n) is 14.5. The molecule has 1 aromatic heterocycles. The van der Waals surface area contributed by atoms with Crippen LogP contribution in [-0.4, -0.2) is 4.57 Å². The molecule has 258 valence electrons. The summed E-state index contributed by atoms with van der Waals surface area (Å²) in [6, 6.07) is 80.0. The molecule has 1 heterocycles. The molecule has 0 bridgehead atoms. The third-order valence-electron chi connectivity index (χ3n) is 11.6. The van der Waals surface area contributed by atoms with E-state index in [4.69, 9.17) is 0 Å². The van der Waals surface area contributed by atoms with Crippen LogP contribution in [0, 0.1) is 0 Å². The van der Waals surface area contributed by atoms with Gasteiger partial charge in [-0.2, -0.15) is 0 Å². The minimum Gasteiger partial charge on any atom is -0.310 e. The summed E-state index contributed by atoms with van der Waals surface area (Å²) >= 11 is 0. The molecule has 10 aromatic rings. The van der Waals surface area contributed by atoms with Crippen LogP contribution in [0.4, 0.5) is 17.1 Å². The highest BCUT2D eigenvalue weighted by Crippen LogP contribution is 2.56. The van der Waals surface area contributed by atoms with Gasteiger partial charge in [-0.15, -0.1) is 0 Å². The smallest absolute Gasteiger partial charge is 0.0713 e. The molecule has 1 aliphatic carbocycles. The molecule has 0 N–H and O–H groups in total. The first-order valence-corrected chi connectivity index (χ1v) is 19.0.